The van der Waals surface area contributed by atoms with Gasteiger partial charge in [-0.3, -0.25) is 9.59 Å². The molecule has 0 aromatic heterocycles. The summed E-state index contributed by atoms with van der Waals surface area (Å²) in [6.45, 7) is 0. The second-order valence-electron chi connectivity index (χ2n) is 6.24. The van der Waals surface area contributed by atoms with Gasteiger partial charge in [0.1, 0.15) is 5.75 Å². The van der Waals surface area contributed by atoms with Crippen molar-refractivity contribution in [2.75, 3.05) is 24.4 Å². The van der Waals surface area contributed by atoms with Gasteiger partial charge in [-0.25, -0.2) is 0 Å². The van der Waals surface area contributed by atoms with Crippen LogP contribution in [-0.4, -0.2) is 31.2 Å². The summed E-state index contributed by atoms with van der Waals surface area (Å²) in [7, 11) is 3.30. The zero-order valence-corrected chi connectivity index (χ0v) is 17.3. The molecule has 0 aliphatic carbocycles. The number of hydrogen-bond donors (Lipinski definition) is 0. The molecule has 0 bridgehead atoms. The fraction of sp³-hybridized carbons (Fsp3) is 0.130. The second kappa shape index (κ2) is 8.85. The van der Waals surface area contributed by atoms with Crippen molar-refractivity contribution in [2.45, 2.75) is 0 Å². The van der Waals surface area contributed by atoms with Gasteiger partial charge in [-0.15, -0.1) is 0 Å². The fourth-order valence-electron chi connectivity index (χ4n) is 2.94. The third-order valence-electron chi connectivity index (χ3n) is 4.57. The van der Waals surface area contributed by atoms with E-state index in [0.717, 1.165) is 16.9 Å². The third kappa shape index (κ3) is 4.15. The molecule has 0 radical (unpaired) electrons. The summed E-state index contributed by atoms with van der Waals surface area (Å²) in [4.78, 5) is 26.6. The summed E-state index contributed by atoms with van der Waals surface area (Å²) >= 11 is 3.17. The average Bonchev–Trinajstić information content (AvgIpc) is 2.77. The molecule has 4 nitrogen and oxygen atoms in total. The minimum absolute atomic E-state index is 0.116. The van der Waals surface area contributed by atoms with Gasteiger partial charge in [0.15, 0.2) is 5.78 Å². The molecule has 0 heterocycles. The minimum Gasteiger partial charge on any atom is -0.497 e. The van der Waals surface area contributed by atoms with E-state index in [1.54, 1.807) is 32.4 Å². The Bertz CT molecular complexity index is 981. The van der Waals surface area contributed by atoms with E-state index in [1.807, 2.05) is 54.6 Å². The number of halogens is 1. The number of anilines is 1. The lowest BCUT2D eigenvalue weighted by molar-refractivity contribution is -0.115. The number of benzene rings is 3. The molecular formula is C23H20BrNO3. The molecule has 0 saturated heterocycles. The second-order valence-corrected chi connectivity index (χ2v) is 6.80. The van der Waals surface area contributed by atoms with Gasteiger partial charge in [-0.05, 0) is 35.4 Å². The van der Waals surface area contributed by atoms with Crippen molar-refractivity contribution in [3.8, 4) is 16.9 Å². The predicted molar refractivity (Wildman–Crippen MR) is 116 cm³/mol. The lowest BCUT2D eigenvalue weighted by Crippen LogP contribution is -2.28. The third-order valence-corrected chi connectivity index (χ3v) is 5.05. The van der Waals surface area contributed by atoms with E-state index >= 15 is 0 Å². The topological polar surface area (TPSA) is 46.6 Å². The Morgan fingerprint density at radius 1 is 0.893 bits per heavy atom. The van der Waals surface area contributed by atoms with E-state index in [2.05, 4.69) is 15.9 Å². The van der Waals surface area contributed by atoms with Gasteiger partial charge in [0.25, 0.3) is 0 Å². The lowest BCUT2D eigenvalue weighted by Gasteiger charge is -2.19. The number of amides is 1. The molecule has 0 spiro atoms. The van der Waals surface area contributed by atoms with Crippen LogP contribution in [0.5, 0.6) is 5.75 Å². The Morgan fingerprint density at radius 3 is 2.04 bits per heavy atom. The van der Waals surface area contributed by atoms with Gasteiger partial charge < -0.3 is 9.64 Å². The summed E-state index contributed by atoms with van der Waals surface area (Å²) in [5.74, 6) is 0.565. The van der Waals surface area contributed by atoms with Gasteiger partial charge in [0.2, 0.25) is 5.91 Å². The number of carbonyl (C=O) groups excluding carboxylic acids is 2. The number of hydrogen-bond acceptors (Lipinski definition) is 3. The highest BCUT2D eigenvalue weighted by Gasteiger charge is 2.18. The maximum atomic E-state index is 13.0. The van der Waals surface area contributed by atoms with E-state index in [-0.39, 0.29) is 17.0 Å². The Hall–Kier alpha value is -2.92. The number of methoxy groups -OCH3 is 1. The zero-order valence-electron chi connectivity index (χ0n) is 15.7. The number of para-hydroxylation sites is 1. The highest BCUT2D eigenvalue weighted by atomic mass is 79.9. The lowest BCUT2D eigenvalue weighted by atomic mass is 9.98. The van der Waals surface area contributed by atoms with Crippen molar-refractivity contribution >= 4 is 33.3 Å². The molecule has 0 fully saturated rings. The molecule has 1 amide bonds. The van der Waals surface area contributed by atoms with Gasteiger partial charge in [-0.1, -0.05) is 64.5 Å². The normalized spacial score (nSPS) is 10.4. The first-order chi connectivity index (χ1) is 13.5. The Labute approximate surface area is 172 Å². The molecule has 0 aliphatic rings. The van der Waals surface area contributed by atoms with Crippen LogP contribution >= 0.6 is 15.9 Å². The Balaban J connectivity index is 1.88. The standard InChI is InChI=1S/C23H20BrNO3/c1-25(22(26)15-24)21-6-4-3-5-20(21)23(27)18-9-7-16(8-10-18)17-11-13-19(28-2)14-12-17/h3-14H,15H2,1-2H3. The zero-order chi connectivity index (χ0) is 20.1. The van der Waals surface area contributed by atoms with Crippen LogP contribution < -0.4 is 9.64 Å². The fourth-order valence-corrected chi connectivity index (χ4v) is 3.31. The van der Waals surface area contributed by atoms with Gasteiger partial charge in [0, 0.05) is 18.2 Å². The van der Waals surface area contributed by atoms with Crippen molar-refractivity contribution < 1.29 is 14.3 Å². The largest absolute Gasteiger partial charge is 0.497 e. The molecule has 3 aromatic rings. The molecule has 0 atom stereocenters. The average molecular weight is 438 g/mol. The van der Waals surface area contributed by atoms with Crippen molar-refractivity contribution in [3.63, 3.8) is 0 Å². The maximum absolute atomic E-state index is 13.0. The first kappa shape index (κ1) is 19.8. The van der Waals surface area contributed by atoms with E-state index in [1.165, 1.54) is 4.90 Å². The van der Waals surface area contributed by atoms with Crippen LogP contribution in [-0.2, 0) is 4.79 Å². The minimum atomic E-state index is -0.119. The van der Waals surface area contributed by atoms with Gasteiger partial charge in [0.05, 0.1) is 18.1 Å². The maximum Gasteiger partial charge on any atom is 0.237 e. The highest BCUT2D eigenvalue weighted by molar-refractivity contribution is 9.09. The molecule has 3 aromatic carbocycles. The summed E-state index contributed by atoms with van der Waals surface area (Å²) in [6.07, 6.45) is 0. The van der Waals surface area contributed by atoms with Crippen LogP contribution in [0.15, 0.2) is 72.8 Å². The van der Waals surface area contributed by atoms with Crippen molar-refractivity contribution in [1.29, 1.82) is 0 Å². The molecule has 0 unspecified atom stereocenters. The summed E-state index contributed by atoms with van der Waals surface area (Å²) in [5, 5.41) is 0.197. The predicted octanol–water partition coefficient (Wildman–Crippen LogP) is 4.95. The first-order valence-electron chi connectivity index (χ1n) is 8.76. The van der Waals surface area contributed by atoms with E-state index in [0.29, 0.717) is 16.8 Å². The molecular weight excluding hydrogens is 418 g/mol. The van der Waals surface area contributed by atoms with Gasteiger partial charge in [-0.2, -0.15) is 0 Å². The van der Waals surface area contributed by atoms with Crippen LogP contribution in [0.25, 0.3) is 11.1 Å². The summed E-state index contributed by atoms with van der Waals surface area (Å²) in [6, 6.07) is 22.4. The van der Waals surface area contributed by atoms with Crippen LogP contribution in [0.4, 0.5) is 5.69 Å². The smallest absolute Gasteiger partial charge is 0.237 e. The van der Waals surface area contributed by atoms with Gasteiger partial charge >= 0.3 is 0 Å². The summed E-state index contributed by atoms with van der Waals surface area (Å²) < 4.78 is 5.18. The van der Waals surface area contributed by atoms with Crippen LogP contribution in [0.3, 0.4) is 0 Å². The van der Waals surface area contributed by atoms with Crippen molar-refractivity contribution in [3.05, 3.63) is 83.9 Å². The van der Waals surface area contributed by atoms with E-state index < -0.39 is 0 Å². The Kier molecular flexibility index (Phi) is 6.26. The van der Waals surface area contributed by atoms with E-state index in [4.69, 9.17) is 4.74 Å². The van der Waals surface area contributed by atoms with Crippen LogP contribution in [0, 0.1) is 0 Å². The number of ketones is 1. The van der Waals surface area contributed by atoms with Crippen molar-refractivity contribution in [1.82, 2.24) is 0 Å². The number of carbonyl (C=O) groups is 2. The summed E-state index contributed by atoms with van der Waals surface area (Å²) in [5.41, 5.74) is 3.72. The quantitative estimate of drug-likeness (QED) is 0.404. The van der Waals surface area contributed by atoms with Crippen LogP contribution in [0.2, 0.25) is 0 Å². The first-order valence-corrected chi connectivity index (χ1v) is 9.88. The molecule has 0 saturated carbocycles. The number of rotatable bonds is 6. The monoisotopic (exact) mass is 437 g/mol. The molecule has 28 heavy (non-hydrogen) atoms. The molecule has 5 heteroatoms. The molecule has 3 rings (SSSR count). The van der Waals surface area contributed by atoms with Crippen molar-refractivity contribution in [2.24, 2.45) is 0 Å². The van der Waals surface area contributed by atoms with E-state index in [9.17, 15) is 9.59 Å². The molecule has 142 valence electrons. The number of ether oxygens (including phenoxy) is 1. The Morgan fingerprint density at radius 2 is 1.46 bits per heavy atom. The van der Waals surface area contributed by atoms with Crippen LogP contribution in [0.1, 0.15) is 15.9 Å². The number of nitrogens with zero attached hydrogens (tertiary/aromatic N) is 1. The highest BCUT2D eigenvalue weighted by Crippen LogP contribution is 2.26. The SMILES string of the molecule is COc1ccc(-c2ccc(C(=O)c3ccccc3N(C)C(=O)CBr)cc2)cc1. The molecule has 0 aliphatic heterocycles. The molecule has 0 N–H and O–H groups in total. The number of alkyl halides is 1.